The Morgan fingerprint density at radius 1 is 1.08 bits per heavy atom. The molecule has 0 aliphatic heterocycles. The first-order valence-corrected chi connectivity index (χ1v) is 8.78. The van der Waals surface area contributed by atoms with E-state index in [1.807, 2.05) is 25.1 Å². The van der Waals surface area contributed by atoms with Crippen LogP contribution in [0.25, 0.3) is 0 Å². The number of aryl methyl sites for hydroxylation is 1. The van der Waals surface area contributed by atoms with Crippen LogP contribution in [0.4, 0.5) is 0 Å². The lowest BCUT2D eigenvalue weighted by molar-refractivity contribution is -0.120. The molecule has 0 spiro atoms. The molecule has 0 saturated carbocycles. The van der Waals surface area contributed by atoms with E-state index in [9.17, 15) is 9.59 Å². The van der Waals surface area contributed by atoms with Gasteiger partial charge in [-0.25, -0.2) is 0 Å². The molecule has 2 amide bonds. The summed E-state index contributed by atoms with van der Waals surface area (Å²) >= 11 is 11.8. The van der Waals surface area contributed by atoms with Gasteiger partial charge in [0.2, 0.25) is 5.91 Å². The van der Waals surface area contributed by atoms with E-state index in [1.54, 1.807) is 6.07 Å². The average Bonchev–Trinajstić information content (AvgIpc) is 2.59. The highest BCUT2D eigenvalue weighted by atomic mass is 35.5. The number of hydrogen-bond acceptors (Lipinski definition) is 2. The van der Waals surface area contributed by atoms with Gasteiger partial charge in [-0.3, -0.25) is 9.59 Å². The highest BCUT2D eigenvalue weighted by Gasteiger charge is 2.13. The maximum absolute atomic E-state index is 12.1. The number of rotatable bonds is 7. The number of carbonyl (C=O) groups excluding carboxylic acids is 2. The second-order valence-electron chi connectivity index (χ2n) is 5.80. The van der Waals surface area contributed by atoms with Crippen molar-refractivity contribution in [3.8, 4) is 0 Å². The molecule has 0 fully saturated rings. The molecule has 0 bridgehead atoms. The molecule has 2 N–H and O–H groups in total. The van der Waals surface area contributed by atoms with Crippen molar-refractivity contribution in [2.45, 2.75) is 25.8 Å². The van der Waals surface area contributed by atoms with Gasteiger partial charge >= 0.3 is 0 Å². The summed E-state index contributed by atoms with van der Waals surface area (Å²) in [5.41, 5.74) is 1.52. The number of halogens is 2. The van der Waals surface area contributed by atoms with Crippen LogP contribution >= 0.6 is 23.2 Å². The summed E-state index contributed by atoms with van der Waals surface area (Å²) in [5.74, 6) is -0.646. The van der Waals surface area contributed by atoms with Crippen molar-refractivity contribution in [2.75, 3.05) is 6.54 Å². The number of carbonyl (C=O) groups is 2. The molecule has 0 aliphatic rings. The van der Waals surface area contributed by atoms with Gasteiger partial charge < -0.3 is 10.6 Å². The van der Waals surface area contributed by atoms with Crippen LogP contribution in [0.1, 0.15) is 29.3 Å². The Labute approximate surface area is 157 Å². The van der Waals surface area contributed by atoms with Gasteiger partial charge in [-0.05, 0) is 43.5 Å². The van der Waals surface area contributed by atoms with E-state index in [0.29, 0.717) is 5.02 Å². The summed E-state index contributed by atoms with van der Waals surface area (Å²) < 4.78 is 0. The highest BCUT2D eigenvalue weighted by Crippen LogP contribution is 2.20. The lowest BCUT2D eigenvalue weighted by Crippen LogP contribution is -2.41. The molecule has 1 unspecified atom stereocenters. The van der Waals surface area contributed by atoms with Gasteiger partial charge in [-0.2, -0.15) is 0 Å². The summed E-state index contributed by atoms with van der Waals surface area (Å²) in [7, 11) is 0. The SMILES string of the molecule is CC(CCc1ccccc1)NC(=O)CNC(=O)c1ccc(Cl)cc1Cl. The Hall–Kier alpha value is -2.04. The van der Waals surface area contributed by atoms with Crippen LogP contribution in [0.15, 0.2) is 48.5 Å². The second-order valence-corrected chi connectivity index (χ2v) is 6.64. The number of benzene rings is 2. The van der Waals surface area contributed by atoms with E-state index in [4.69, 9.17) is 23.2 Å². The summed E-state index contributed by atoms with van der Waals surface area (Å²) in [4.78, 5) is 24.0. The Kier molecular flexibility index (Phi) is 7.29. The predicted octanol–water partition coefficient (Wildman–Crippen LogP) is 3.86. The van der Waals surface area contributed by atoms with Gasteiger partial charge in [0.05, 0.1) is 17.1 Å². The van der Waals surface area contributed by atoms with E-state index < -0.39 is 5.91 Å². The summed E-state index contributed by atoms with van der Waals surface area (Å²) in [6.07, 6.45) is 1.71. The van der Waals surface area contributed by atoms with Crippen molar-refractivity contribution >= 4 is 35.0 Å². The maximum Gasteiger partial charge on any atom is 0.253 e. The first-order valence-electron chi connectivity index (χ1n) is 8.02. The van der Waals surface area contributed by atoms with Crippen LogP contribution in [0, 0.1) is 0 Å². The van der Waals surface area contributed by atoms with Crippen molar-refractivity contribution < 1.29 is 9.59 Å². The smallest absolute Gasteiger partial charge is 0.253 e. The Balaban J connectivity index is 1.75. The molecular weight excluding hydrogens is 359 g/mol. The molecule has 0 radical (unpaired) electrons. The van der Waals surface area contributed by atoms with Crippen LogP contribution in [-0.2, 0) is 11.2 Å². The zero-order valence-corrected chi connectivity index (χ0v) is 15.4. The summed E-state index contributed by atoms with van der Waals surface area (Å²) in [5, 5.41) is 6.13. The molecule has 0 aromatic heterocycles. The van der Waals surface area contributed by atoms with Crippen molar-refractivity contribution in [2.24, 2.45) is 0 Å². The minimum absolute atomic E-state index is 0.0173. The topological polar surface area (TPSA) is 58.2 Å². The second kappa shape index (κ2) is 9.44. The molecule has 132 valence electrons. The Morgan fingerprint density at radius 2 is 1.80 bits per heavy atom. The van der Waals surface area contributed by atoms with Gasteiger partial charge in [-0.1, -0.05) is 53.5 Å². The first-order chi connectivity index (χ1) is 12.0. The van der Waals surface area contributed by atoms with Crippen LogP contribution in [-0.4, -0.2) is 24.4 Å². The van der Waals surface area contributed by atoms with Crippen molar-refractivity contribution in [3.63, 3.8) is 0 Å². The fourth-order valence-electron chi connectivity index (χ4n) is 2.36. The maximum atomic E-state index is 12.1. The van der Waals surface area contributed by atoms with Crippen LogP contribution in [0.5, 0.6) is 0 Å². The highest BCUT2D eigenvalue weighted by molar-refractivity contribution is 6.36. The van der Waals surface area contributed by atoms with Crippen molar-refractivity contribution in [1.82, 2.24) is 10.6 Å². The van der Waals surface area contributed by atoms with Crippen molar-refractivity contribution in [3.05, 3.63) is 69.7 Å². The minimum Gasteiger partial charge on any atom is -0.352 e. The van der Waals surface area contributed by atoms with Gasteiger partial charge in [0.1, 0.15) is 0 Å². The van der Waals surface area contributed by atoms with E-state index in [-0.39, 0.29) is 29.1 Å². The summed E-state index contributed by atoms with van der Waals surface area (Å²) in [6.45, 7) is 1.84. The van der Waals surface area contributed by atoms with E-state index in [2.05, 4.69) is 22.8 Å². The normalized spacial score (nSPS) is 11.6. The number of nitrogens with one attached hydrogen (secondary N) is 2. The van der Waals surface area contributed by atoms with Crippen LogP contribution < -0.4 is 10.6 Å². The first kappa shape index (κ1) is 19.3. The molecule has 0 aliphatic carbocycles. The fourth-order valence-corrected chi connectivity index (χ4v) is 2.85. The van der Waals surface area contributed by atoms with Gasteiger partial charge in [0, 0.05) is 11.1 Å². The minimum atomic E-state index is -0.409. The van der Waals surface area contributed by atoms with Crippen molar-refractivity contribution in [1.29, 1.82) is 0 Å². The lowest BCUT2D eigenvalue weighted by Gasteiger charge is -2.14. The molecule has 2 aromatic carbocycles. The Morgan fingerprint density at radius 3 is 2.48 bits per heavy atom. The molecular formula is C19H20Cl2N2O2. The Bertz CT molecular complexity index is 735. The molecule has 2 aromatic rings. The van der Waals surface area contributed by atoms with E-state index in [0.717, 1.165) is 12.8 Å². The monoisotopic (exact) mass is 378 g/mol. The van der Waals surface area contributed by atoms with Crippen LogP contribution in [0.3, 0.4) is 0 Å². The van der Waals surface area contributed by atoms with Gasteiger partial charge in [0.15, 0.2) is 0 Å². The molecule has 25 heavy (non-hydrogen) atoms. The van der Waals surface area contributed by atoms with Gasteiger partial charge in [0.25, 0.3) is 5.91 Å². The molecule has 6 heteroatoms. The molecule has 0 saturated heterocycles. The van der Waals surface area contributed by atoms with E-state index >= 15 is 0 Å². The standard InChI is InChI=1S/C19H20Cl2N2O2/c1-13(7-8-14-5-3-2-4-6-14)23-18(24)12-22-19(25)16-10-9-15(20)11-17(16)21/h2-6,9-11,13H,7-8,12H2,1H3,(H,22,25)(H,23,24). The molecule has 0 heterocycles. The molecule has 2 rings (SSSR count). The quantitative estimate of drug-likeness (QED) is 0.768. The summed E-state index contributed by atoms with van der Waals surface area (Å²) in [6, 6.07) is 14.7. The van der Waals surface area contributed by atoms with Gasteiger partial charge in [-0.15, -0.1) is 0 Å². The van der Waals surface area contributed by atoms with Crippen LogP contribution in [0.2, 0.25) is 10.0 Å². The van der Waals surface area contributed by atoms with E-state index in [1.165, 1.54) is 17.7 Å². The molecule has 1 atom stereocenters. The average molecular weight is 379 g/mol. The third kappa shape index (κ3) is 6.40. The predicted molar refractivity (Wildman–Crippen MR) is 101 cm³/mol. The zero-order chi connectivity index (χ0) is 18.2. The zero-order valence-electron chi connectivity index (χ0n) is 13.9. The third-order valence-electron chi connectivity index (χ3n) is 3.70. The number of hydrogen-bond donors (Lipinski definition) is 2. The third-order valence-corrected chi connectivity index (χ3v) is 4.25. The largest absolute Gasteiger partial charge is 0.352 e. The molecule has 4 nitrogen and oxygen atoms in total. The number of amides is 2. The fraction of sp³-hybridized carbons (Fsp3) is 0.263. The lowest BCUT2D eigenvalue weighted by atomic mass is 10.1.